The number of nitrogens with one attached hydrogen (secondary N) is 2. The Balaban J connectivity index is 1.83. The quantitative estimate of drug-likeness (QED) is 0.222. The Kier molecular flexibility index (Phi) is 11.2. The van der Waals surface area contributed by atoms with E-state index in [1.165, 1.54) is 7.05 Å². The average Bonchev–Trinajstić information content (AvgIpc) is 2.93. The number of rotatable bonds is 12. The summed E-state index contributed by atoms with van der Waals surface area (Å²) in [5.41, 5.74) is 1.81. The molecule has 2 amide bonds. The van der Waals surface area contributed by atoms with E-state index in [0.717, 1.165) is 22.4 Å². The van der Waals surface area contributed by atoms with Gasteiger partial charge in [-0.2, -0.15) is 0 Å². The maximum Gasteiger partial charge on any atom is 0.242 e. The van der Waals surface area contributed by atoms with Crippen LogP contribution in [0, 0.1) is 5.41 Å². The second-order valence-corrected chi connectivity index (χ2v) is 14.2. The number of carbonyl (C=O) groups excluding carboxylic acids is 2. The predicted octanol–water partition coefficient (Wildman–Crippen LogP) is 5.99. The fourth-order valence-corrected chi connectivity index (χ4v) is 6.79. The van der Waals surface area contributed by atoms with Crippen molar-refractivity contribution < 1.29 is 23.8 Å². The van der Waals surface area contributed by atoms with Crippen LogP contribution in [0.4, 0.5) is 0 Å². The van der Waals surface area contributed by atoms with Crippen LogP contribution in [0.2, 0.25) is 5.02 Å². The summed E-state index contributed by atoms with van der Waals surface area (Å²) in [5, 5.41) is 5.94. The molecule has 0 aliphatic heterocycles. The summed E-state index contributed by atoms with van der Waals surface area (Å²) in [6.07, 6.45) is 1.03. The lowest BCUT2D eigenvalue weighted by atomic mass is 9.86. The fourth-order valence-electron chi connectivity index (χ4n) is 4.73. The molecule has 3 N–H and O–H groups in total. The van der Waals surface area contributed by atoms with Gasteiger partial charge in [0.05, 0.1) is 13.3 Å². The Morgan fingerprint density at radius 1 is 0.927 bits per heavy atom. The van der Waals surface area contributed by atoms with E-state index in [1.807, 2.05) is 81.4 Å². The van der Waals surface area contributed by atoms with Crippen molar-refractivity contribution in [3.05, 3.63) is 100 Å². The number of ether oxygens (including phenoxy) is 1. The summed E-state index contributed by atoms with van der Waals surface area (Å²) in [6, 6.07) is 21.6. The third-order valence-electron chi connectivity index (χ3n) is 7.09. The predicted molar refractivity (Wildman–Crippen MR) is 165 cm³/mol. The highest BCUT2D eigenvalue weighted by Crippen LogP contribution is 2.51. The summed E-state index contributed by atoms with van der Waals surface area (Å²) in [6.45, 7) is 5.50. The highest BCUT2D eigenvalue weighted by molar-refractivity contribution is 7.59. The van der Waals surface area contributed by atoms with E-state index in [4.69, 9.17) is 16.3 Å². The number of benzene rings is 3. The number of methoxy groups -OCH3 is 1. The molecule has 2 unspecified atom stereocenters. The highest BCUT2D eigenvalue weighted by Gasteiger charge is 2.40. The van der Waals surface area contributed by atoms with E-state index in [9.17, 15) is 19.0 Å². The number of hydrogen-bond donors (Lipinski definition) is 3. The van der Waals surface area contributed by atoms with Crippen molar-refractivity contribution in [1.82, 2.24) is 10.6 Å². The van der Waals surface area contributed by atoms with Gasteiger partial charge in [-0.25, -0.2) is 0 Å². The van der Waals surface area contributed by atoms with Crippen molar-refractivity contribution >= 4 is 30.8 Å². The molecule has 0 radical (unpaired) electrons. The van der Waals surface area contributed by atoms with Crippen molar-refractivity contribution in [3.63, 3.8) is 0 Å². The number of halogens is 1. The molecule has 0 fully saturated rings. The molecular formula is C32H40ClN2O5P. The summed E-state index contributed by atoms with van der Waals surface area (Å²) in [7, 11) is -0.921. The zero-order valence-electron chi connectivity index (χ0n) is 24.3. The van der Waals surface area contributed by atoms with Gasteiger partial charge in [-0.05, 0) is 58.7 Å². The van der Waals surface area contributed by atoms with E-state index in [0.29, 0.717) is 23.4 Å². The minimum Gasteiger partial charge on any atom is -0.496 e. The molecule has 0 heterocycles. The lowest BCUT2D eigenvalue weighted by molar-refractivity contribution is -0.131. The molecule has 3 aromatic rings. The lowest BCUT2D eigenvalue weighted by Crippen LogP contribution is -2.55. The minimum atomic E-state index is -4.06. The first-order chi connectivity index (χ1) is 19.3. The molecule has 9 heteroatoms. The van der Waals surface area contributed by atoms with E-state index in [2.05, 4.69) is 10.6 Å². The van der Waals surface area contributed by atoms with Gasteiger partial charge in [-0.3, -0.25) is 14.2 Å². The van der Waals surface area contributed by atoms with E-state index in [1.54, 1.807) is 19.2 Å². The van der Waals surface area contributed by atoms with Crippen molar-refractivity contribution in [2.24, 2.45) is 5.41 Å². The molecule has 0 spiro atoms. The van der Waals surface area contributed by atoms with Crippen molar-refractivity contribution in [2.45, 2.75) is 57.9 Å². The number of amides is 2. The van der Waals surface area contributed by atoms with Gasteiger partial charge in [0.1, 0.15) is 17.5 Å². The molecule has 0 aromatic heterocycles. The summed E-state index contributed by atoms with van der Waals surface area (Å²) in [4.78, 5) is 37.5. The van der Waals surface area contributed by atoms with Gasteiger partial charge >= 0.3 is 0 Å². The first-order valence-corrected chi connectivity index (χ1v) is 15.9. The third-order valence-corrected chi connectivity index (χ3v) is 9.63. The Morgan fingerprint density at radius 2 is 1.51 bits per heavy atom. The van der Waals surface area contributed by atoms with Gasteiger partial charge < -0.3 is 20.3 Å². The second-order valence-electron chi connectivity index (χ2n) is 11.3. The number of aryl methyl sites for hydroxylation is 1. The SMILES string of the molecule is CNC(=O)[C@@H](NC(=O)C(CCc1ccc(Cl)cc1)P(=O)(O)Cc1ccc(Cc2ccccc2OC)cc1)C(C)(C)C. The van der Waals surface area contributed by atoms with Crippen molar-refractivity contribution in [1.29, 1.82) is 0 Å². The number of para-hydroxylation sites is 1. The average molecular weight is 599 g/mol. The topological polar surface area (TPSA) is 105 Å². The highest BCUT2D eigenvalue weighted by atomic mass is 35.5. The van der Waals surface area contributed by atoms with Gasteiger partial charge in [0.25, 0.3) is 0 Å². The first-order valence-electron chi connectivity index (χ1n) is 13.6. The monoisotopic (exact) mass is 598 g/mol. The van der Waals surface area contributed by atoms with Crippen LogP contribution < -0.4 is 15.4 Å². The van der Waals surface area contributed by atoms with Crippen LogP contribution in [0.1, 0.15) is 49.4 Å². The first kappa shape index (κ1) is 32.4. The van der Waals surface area contributed by atoms with Crippen molar-refractivity contribution in [3.8, 4) is 5.75 Å². The Hall–Kier alpha value is -3.12. The summed E-state index contributed by atoms with van der Waals surface area (Å²) in [5.74, 6) is -0.168. The maximum absolute atomic E-state index is 13.9. The molecule has 0 bridgehead atoms. The molecule has 220 valence electrons. The van der Waals surface area contributed by atoms with Crippen LogP contribution in [0.15, 0.2) is 72.8 Å². The molecule has 0 saturated carbocycles. The van der Waals surface area contributed by atoms with Crippen LogP contribution in [0.3, 0.4) is 0 Å². The van der Waals surface area contributed by atoms with Crippen LogP contribution in [-0.2, 0) is 33.2 Å². The Bertz CT molecular complexity index is 1370. The summed E-state index contributed by atoms with van der Waals surface area (Å²) < 4.78 is 19.3. The molecule has 41 heavy (non-hydrogen) atoms. The minimum absolute atomic E-state index is 0.137. The standard InChI is InChI=1S/C32H40ClN2O5P/c1-32(2,3)29(31(37)34-4)35-30(36)28(19-16-22-14-17-26(33)18-15-22)41(38,39)21-24-12-10-23(11-13-24)20-25-8-6-7-9-27(25)40-5/h6-15,17-18,28-29H,16,19-21H2,1-5H3,(H,34,37)(H,35,36)(H,38,39)/t28?,29-/m1/s1. The van der Waals surface area contributed by atoms with Crippen LogP contribution in [0.5, 0.6) is 5.75 Å². The molecular weight excluding hydrogens is 559 g/mol. The Labute approximate surface area is 248 Å². The normalized spacial score (nSPS) is 14.4. The third kappa shape index (κ3) is 9.19. The molecule has 0 aliphatic rings. The molecule has 0 aliphatic carbocycles. The smallest absolute Gasteiger partial charge is 0.242 e. The van der Waals surface area contributed by atoms with E-state index in [-0.39, 0.29) is 18.5 Å². The lowest BCUT2D eigenvalue weighted by Gasteiger charge is -2.32. The van der Waals surface area contributed by atoms with Gasteiger partial charge in [-0.1, -0.05) is 87.0 Å². The number of likely N-dealkylation sites (N-methyl/N-ethyl adjacent to an activating group) is 1. The number of hydrogen-bond acceptors (Lipinski definition) is 4. The zero-order valence-corrected chi connectivity index (χ0v) is 26.0. The molecule has 3 aromatic carbocycles. The maximum atomic E-state index is 13.9. The zero-order chi connectivity index (χ0) is 30.2. The van der Waals surface area contributed by atoms with Crippen LogP contribution >= 0.6 is 19.0 Å². The largest absolute Gasteiger partial charge is 0.496 e. The fraction of sp³-hybridized carbons (Fsp3) is 0.375. The van der Waals surface area contributed by atoms with Gasteiger partial charge in [0.2, 0.25) is 19.2 Å². The summed E-state index contributed by atoms with van der Waals surface area (Å²) >= 11 is 6.01. The van der Waals surface area contributed by atoms with Gasteiger partial charge in [0.15, 0.2) is 0 Å². The van der Waals surface area contributed by atoms with Gasteiger partial charge in [0, 0.05) is 18.5 Å². The molecule has 0 saturated heterocycles. The van der Waals surface area contributed by atoms with Crippen LogP contribution in [-0.4, -0.2) is 42.6 Å². The van der Waals surface area contributed by atoms with Crippen LogP contribution in [0.25, 0.3) is 0 Å². The molecule has 3 atom stereocenters. The molecule has 3 rings (SSSR count). The Morgan fingerprint density at radius 3 is 2.10 bits per heavy atom. The van der Waals surface area contributed by atoms with E-state index < -0.39 is 30.4 Å². The van der Waals surface area contributed by atoms with Gasteiger partial charge in [-0.15, -0.1) is 0 Å². The second kappa shape index (κ2) is 14.2. The molecule has 7 nitrogen and oxygen atoms in total. The van der Waals surface area contributed by atoms with E-state index >= 15 is 0 Å². The van der Waals surface area contributed by atoms with Crippen molar-refractivity contribution in [2.75, 3.05) is 14.2 Å². The number of carbonyl (C=O) groups is 2.